The molecule has 1 aromatic heterocycles. The van der Waals surface area contributed by atoms with Crippen LogP contribution in [-0.2, 0) is 14.4 Å². The number of carbonyl (C=O) groups is 1. The van der Waals surface area contributed by atoms with Crippen molar-refractivity contribution < 1.29 is 26.7 Å². The van der Waals surface area contributed by atoms with Crippen LogP contribution in [0.3, 0.4) is 0 Å². The average Bonchev–Trinajstić information content (AvgIpc) is 2.53. The van der Waals surface area contributed by atoms with Crippen molar-refractivity contribution >= 4 is 43.8 Å². The zero-order valence-electron chi connectivity index (χ0n) is 12.4. The first-order valence-electron chi connectivity index (χ1n) is 6.43. The Bertz CT molecular complexity index is 735. The number of nitrogens with zero attached hydrogens (tertiary/aromatic N) is 2. The van der Waals surface area contributed by atoms with Crippen molar-refractivity contribution in [3.63, 3.8) is 0 Å². The maximum absolute atomic E-state index is 12.2. The number of Topliss-reactive ketones (excluding diaryl/α,β-unsaturated/α-hetero) is 1. The number of allylic oxidation sites excluding steroid dienone is 2. The second kappa shape index (κ2) is 7.99. The molecule has 0 aliphatic rings. The van der Waals surface area contributed by atoms with E-state index in [9.17, 15) is 26.7 Å². The van der Waals surface area contributed by atoms with Crippen LogP contribution in [0.1, 0.15) is 17.4 Å². The van der Waals surface area contributed by atoms with E-state index in [1.165, 1.54) is 6.92 Å². The Morgan fingerprint density at radius 1 is 1.54 bits per heavy atom. The summed E-state index contributed by atoms with van der Waals surface area (Å²) in [5, 5.41) is -0.0975. The van der Waals surface area contributed by atoms with Gasteiger partial charge in [0.25, 0.3) is 0 Å². The molecule has 0 aromatic carbocycles. The van der Waals surface area contributed by atoms with Gasteiger partial charge in [-0.05, 0) is 13.0 Å². The number of ketones is 1. The summed E-state index contributed by atoms with van der Waals surface area (Å²) in [6.07, 6.45) is -2.23. The molecular weight excluding hydrogens is 415 g/mol. The van der Waals surface area contributed by atoms with Crippen LogP contribution in [-0.4, -0.2) is 38.8 Å². The number of aromatic nitrogens is 1. The number of alkyl halides is 4. The van der Waals surface area contributed by atoms with Crippen LogP contribution < -0.4 is 5.73 Å². The van der Waals surface area contributed by atoms with E-state index in [4.69, 9.17) is 5.73 Å². The van der Waals surface area contributed by atoms with E-state index in [2.05, 4.69) is 25.9 Å². The van der Waals surface area contributed by atoms with E-state index in [1.807, 2.05) is 0 Å². The lowest BCUT2D eigenvalue weighted by molar-refractivity contribution is -0.0925. The Morgan fingerprint density at radius 2 is 2.17 bits per heavy atom. The third-order valence-electron chi connectivity index (χ3n) is 2.76. The molecule has 0 bridgehead atoms. The number of carbonyl (C=O) groups excluding carboxylic acids is 1. The van der Waals surface area contributed by atoms with Gasteiger partial charge in [-0.1, -0.05) is 20.1 Å². The summed E-state index contributed by atoms with van der Waals surface area (Å²) in [6.45, 7) is 1.45. The van der Waals surface area contributed by atoms with Gasteiger partial charge in [0, 0.05) is 12.3 Å². The second-order valence-electron chi connectivity index (χ2n) is 4.42. The fourth-order valence-corrected chi connectivity index (χ4v) is 2.82. The summed E-state index contributed by atoms with van der Waals surface area (Å²) in [5.41, 5.74) is 3.29. The molecule has 6 nitrogen and oxygen atoms in total. The monoisotopic (exact) mass is 428 g/mol. The molecule has 1 aromatic rings. The maximum atomic E-state index is 12.2. The molecule has 3 N–H and O–H groups in total. The minimum Gasteiger partial charge on any atom is -0.395 e. The molecule has 0 aliphatic heterocycles. The molecule has 132 valence electrons. The maximum Gasteiger partial charge on any atom is 0.430 e. The molecule has 0 amide bonds. The largest absolute Gasteiger partial charge is 0.430 e. The van der Waals surface area contributed by atoms with E-state index in [0.29, 0.717) is 6.08 Å². The molecule has 1 unspecified atom stereocenters. The van der Waals surface area contributed by atoms with Crippen LogP contribution in [0.4, 0.5) is 18.9 Å². The van der Waals surface area contributed by atoms with Crippen LogP contribution in [0, 0.1) is 0 Å². The Labute approximate surface area is 145 Å². The van der Waals surface area contributed by atoms with Crippen molar-refractivity contribution in [3.8, 4) is 0 Å². The number of pyridine rings is 1. The zero-order chi connectivity index (χ0) is 18.5. The Hall–Kier alpha value is -1.59. The lowest BCUT2D eigenvalue weighted by Gasteiger charge is -2.06. The van der Waals surface area contributed by atoms with E-state index in [-0.39, 0.29) is 27.4 Å². The van der Waals surface area contributed by atoms with Gasteiger partial charge in [0.2, 0.25) is 15.1 Å². The lowest BCUT2D eigenvalue weighted by Crippen LogP contribution is -2.19. The van der Waals surface area contributed by atoms with Gasteiger partial charge in [-0.15, -0.1) is 0 Å². The van der Waals surface area contributed by atoms with Crippen LogP contribution in [0.25, 0.3) is 0 Å². The number of rotatable bonds is 6. The fraction of sp³-hybridized carbons (Fsp3) is 0.308. The summed E-state index contributed by atoms with van der Waals surface area (Å²) >= 11 is 2.95. The van der Waals surface area contributed by atoms with Crippen molar-refractivity contribution in [2.24, 2.45) is 10.7 Å². The number of hydrogen-bond donors (Lipinski definition) is 2. The first kappa shape index (κ1) is 20.5. The average molecular weight is 429 g/mol. The molecule has 0 fully saturated rings. The highest BCUT2D eigenvalue weighted by atomic mass is 79.9. The van der Waals surface area contributed by atoms with Crippen molar-refractivity contribution in [1.82, 2.24) is 4.98 Å². The summed E-state index contributed by atoms with van der Waals surface area (Å²) in [5.74, 6) is -0.664. The van der Waals surface area contributed by atoms with Crippen LogP contribution in [0.15, 0.2) is 33.9 Å². The van der Waals surface area contributed by atoms with Gasteiger partial charge in [-0.25, -0.2) is 4.98 Å². The lowest BCUT2D eigenvalue weighted by atomic mass is 10.2. The molecule has 0 saturated heterocycles. The van der Waals surface area contributed by atoms with E-state index in [1.54, 1.807) is 0 Å². The van der Waals surface area contributed by atoms with Gasteiger partial charge in [0.15, 0.2) is 11.5 Å². The summed E-state index contributed by atoms with van der Waals surface area (Å²) in [7, 11) is -3.52. The highest BCUT2D eigenvalue weighted by molar-refractivity contribution is 9.09. The van der Waals surface area contributed by atoms with Crippen molar-refractivity contribution in [2.45, 2.75) is 18.0 Å². The van der Waals surface area contributed by atoms with E-state index in [0.717, 1.165) is 18.5 Å². The minimum atomic E-state index is -4.68. The normalized spacial score (nSPS) is 15.5. The first-order valence-corrected chi connectivity index (χ1v) is 9.24. The Kier molecular flexibility index (Phi) is 6.81. The van der Waals surface area contributed by atoms with Crippen LogP contribution in [0.2, 0.25) is 0 Å². The van der Waals surface area contributed by atoms with E-state index >= 15 is 0 Å². The highest BCUT2D eigenvalue weighted by Crippen LogP contribution is 2.26. The molecule has 24 heavy (non-hydrogen) atoms. The van der Waals surface area contributed by atoms with Gasteiger partial charge >= 0.3 is 6.18 Å². The smallest absolute Gasteiger partial charge is 0.395 e. The van der Waals surface area contributed by atoms with Gasteiger partial charge in [-0.3, -0.25) is 9.79 Å². The molecule has 1 rings (SSSR count). The summed E-state index contributed by atoms with van der Waals surface area (Å²) in [4.78, 5) is 19.1. The van der Waals surface area contributed by atoms with Gasteiger partial charge in [0.05, 0.1) is 17.2 Å². The van der Waals surface area contributed by atoms with E-state index < -0.39 is 27.9 Å². The number of halogens is 4. The predicted molar refractivity (Wildman–Crippen MR) is 88.3 cm³/mol. The SMILES string of the molecule is CC[S+](=O)(O)c1cc(N=CC=C(N)C(F)(F)F)cnc1C(=O)CBr. The van der Waals surface area contributed by atoms with Crippen molar-refractivity contribution in [3.05, 3.63) is 29.7 Å². The van der Waals surface area contributed by atoms with Gasteiger partial charge in [-0.2, -0.15) is 17.7 Å². The minimum absolute atomic E-state index is 0.0116. The summed E-state index contributed by atoms with van der Waals surface area (Å²) in [6, 6.07) is 1.14. The van der Waals surface area contributed by atoms with Gasteiger partial charge < -0.3 is 5.73 Å². The Morgan fingerprint density at radius 3 is 2.67 bits per heavy atom. The van der Waals surface area contributed by atoms with Crippen LogP contribution >= 0.6 is 15.9 Å². The molecule has 0 saturated carbocycles. The number of hydrogen-bond acceptors (Lipinski definition) is 5. The third-order valence-corrected chi connectivity index (χ3v) is 5.05. The molecule has 1 atom stereocenters. The second-order valence-corrected chi connectivity index (χ2v) is 7.28. The third kappa shape index (κ3) is 5.21. The standard InChI is InChI=1S/C13H13BrF3N3O3S/c1-2-24(22,23)10-5-8(7-20-12(10)9(21)6-14)19-4-3-11(18)13(15,16)17/h3-5,7H,2,6H2,1H3,(H2-,18,19,21,22,23)/p+1. The summed E-state index contributed by atoms with van der Waals surface area (Å²) < 4.78 is 58.9. The molecule has 1 heterocycles. The number of aliphatic imine (C=N–C) groups is 1. The topological polar surface area (TPSA) is 106 Å². The van der Waals surface area contributed by atoms with Crippen LogP contribution in [0.5, 0.6) is 0 Å². The quantitative estimate of drug-likeness (QED) is 0.313. The molecular formula is C13H14BrF3N3O3S+. The number of nitrogens with two attached hydrogens (primary N) is 1. The first-order chi connectivity index (χ1) is 11.0. The molecule has 0 spiro atoms. The molecule has 11 heteroatoms. The zero-order valence-corrected chi connectivity index (χ0v) is 14.8. The van der Waals surface area contributed by atoms with Crippen molar-refractivity contribution in [1.29, 1.82) is 0 Å². The predicted octanol–water partition coefficient (Wildman–Crippen LogP) is 3.12. The highest BCUT2D eigenvalue weighted by Gasteiger charge is 2.34. The van der Waals surface area contributed by atoms with Crippen molar-refractivity contribution in [2.75, 3.05) is 11.1 Å². The molecule has 0 radical (unpaired) electrons. The van der Waals surface area contributed by atoms with Gasteiger partial charge in [0.1, 0.15) is 11.4 Å². The fourth-order valence-electron chi connectivity index (χ4n) is 1.47. The Balaban J connectivity index is 3.28. The molecule has 0 aliphatic carbocycles.